The first-order valence-electron chi connectivity index (χ1n) is 8.88. The van der Waals surface area contributed by atoms with Gasteiger partial charge in [-0.1, -0.05) is 29.8 Å². The van der Waals surface area contributed by atoms with Crippen molar-refractivity contribution < 1.29 is 5.11 Å². The van der Waals surface area contributed by atoms with Gasteiger partial charge in [-0.25, -0.2) is 0 Å². The zero-order chi connectivity index (χ0) is 20.9. The van der Waals surface area contributed by atoms with Gasteiger partial charge in [-0.15, -0.1) is 0 Å². The molecule has 1 heterocycles. The van der Waals surface area contributed by atoms with Crippen LogP contribution in [0.3, 0.4) is 0 Å². The number of aliphatic hydroxyl groups is 1. The fourth-order valence-corrected chi connectivity index (χ4v) is 4.10. The smallest absolute Gasteiger partial charge is 0.191 e. The number of hydrogen-bond donors (Lipinski definition) is 2. The second-order valence-corrected chi connectivity index (χ2v) is 7.20. The van der Waals surface area contributed by atoms with Crippen LogP contribution in [0.4, 0.5) is 0 Å². The Bertz CT molecular complexity index is 917. The maximum atomic E-state index is 9.92. The molecule has 2 atom stereocenters. The van der Waals surface area contributed by atoms with Gasteiger partial charge in [-0.05, 0) is 37.2 Å². The van der Waals surface area contributed by atoms with Crippen molar-refractivity contribution in [2.45, 2.75) is 12.8 Å². The number of halogens is 1. The summed E-state index contributed by atoms with van der Waals surface area (Å²) >= 11 is 6.15. The Labute approximate surface area is 170 Å². The Morgan fingerprint density at radius 2 is 1.96 bits per heavy atom. The summed E-state index contributed by atoms with van der Waals surface area (Å²) in [4.78, 5) is 2.10. The molecule has 2 aliphatic rings. The molecule has 28 heavy (non-hydrogen) atoms. The summed E-state index contributed by atoms with van der Waals surface area (Å²) in [5.74, 6) is -0.675. The average molecular weight is 396 g/mol. The number of benzene rings is 1. The number of hydrogen-bond acceptors (Lipinski definition) is 6. The molecular weight excluding hydrogens is 374 g/mol. The van der Waals surface area contributed by atoms with Gasteiger partial charge in [0, 0.05) is 36.6 Å². The summed E-state index contributed by atoms with van der Waals surface area (Å²) in [6.45, 7) is 3.26. The molecule has 0 fully saturated rings. The van der Waals surface area contributed by atoms with E-state index in [-0.39, 0.29) is 23.8 Å². The Balaban J connectivity index is 0.000000878. The number of nitriles is 3. The van der Waals surface area contributed by atoms with Gasteiger partial charge in [0.2, 0.25) is 0 Å². The van der Waals surface area contributed by atoms with Gasteiger partial charge in [0.05, 0.1) is 23.4 Å². The minimum Gasteiger partial charge on any atom is -0.399 e. The van der Waals surface area contributed by atoms with Crippen LogP contribution < -0.4 is 5.73 Å². The van der Waals surface area contributed by atoms with E-state index < -0.39 is 11.3 Å². The van der Waals surface area contributed by atoms with E-state index in [0.717, 1.165) is 11.1 Å². The molecule has 0 amide bonds. The van der Waals surface area contributed by atoms with E-state index in [4.69, 9.17) is 22.4 Å². The predicted octanol–water partition coefficient (Wildman–Crippen LogP) is 2.69. The van der Waals surface area contributed by atoms with Crippen LogP contribution in [0.25, 0.3) is 0 Å². The molecular formula is C21H22ClN5O. The number of rotatable bonds is 1. The second kappa shape index (κ2) is 8.91. The van der Waals surface area contributed by atoms with E-state index in [9.17, 15) is 15.8 Å². The summed E-state index contributed by atoms with van der Waals surface area (Å²) in [6, 6.07) is 13.5. The first-order chi connectivity index (χ1) is 13.4. The van der Waals surface area contributed by atoms with Crippen molar-refractivity contribution in [2.75, 3.05) is 26.7 Å². The third-order valence-corrected chi connectivity index (χ3v) is 5.29. The van der Waals surface area contributed by atoms with Crippen molar-refractivity contribution in [3.63, 3.8) is 0 Å². The van der Waals surface area contributed by atoms with Crippen LogP contribution in [-0.2, 0) is 0 Å². The quantitative estimate of drug-likeness (QED) is 0.753. The molecule has 0 saturated heterocycles. The van der Waals surface area contributed by atoms with Crippen LogP contribution in [0.1, 0.15) is 18.4 Å². The van der Waals surface area contributed by atoms with Crippen molar-refractivity contribution in [3.05, 3.63) is 57.8 Å². The number of nitrogens with two attached hydrogens (primary N) is 1. The van der Waals surface area contributed by atoms with Gasteiger partial charge >= 0.3 is 0 Å². The molecule has 144 valence electrons. The highest BCUT2D eigenvalue weighted by Gasteiger charge is 2.54. The highest BCUT2D eigenvalue weighted by molar-refractivity contribution is 6.30. The third kappa shape index (κ3) is 3.61. The van der Waals surface area contributed by atoms with Crippen LogP contribution in [0, 0.1) is 45.3 Å². The van der Waals surface area contributed by atoms with Crippen molar-refractivity contribution in [1.82, 2.24) is 4.90 Å². The van der Waals surface area contributed by atoms with E-state index >= 15 is 0 Å². The topological polar surface area (TPSA) is 121 Å². The lowest BCUT2D eigenvalue weighted by molar-refractivity contribution is 0.237. The molecule has 7 heteroatoms. The largest absolute Gasteiger partial charge is 0.399 e. The molecule has 1 aromatic rings. The molecule has 0 saturated carbocycles. The Morgan fingerprint density at radius 3 is 2.50 bits per heavy atom. The molecule has 1 aliphatic heterocycles. The number of fused-ring (bicyclic) bond motifs is 1. The van der Waals surface area contributed by atoms with Gasteiger partial charge in [0.15, 0.2) is 5.41 Å². The van der Waals surface area contributed by atoms with Crippen LogP contribution in [0.15, 0.2) is 47.2 Å². The maximum Gasteiger partial charge on any atom is 0.191 e. The summed E-state index contributed by atoms with van der Waals surface area (Å²) in [5, 5.41) is 37.6. The van der Waals surface area contributed by atoms with Gasteiger partial charge in [0.1, 0.15) is 6.07 Å². The Morgan fingerprint density at radius 1 is 1.32 bits per heavy atom. The molecule has 3 N–H and O–H groups in total. The van der Waals surface area contributed by atoms with E-state index in [2.05, 4.69) is 23.1 Å². The zero-order valence-electron chi connectivity index (χ0n) is 15.9. The van der Waals surface area contributed by atoms with Gasteiger partial charge < -0.3 is 15.7 Å². The lowest BCUT2D eigenvalue weighted by Gasteiger charge is -2.45. The third-order valence-electron chi connectivity index (χ3n) is 5.05. The SMILES string of the molecule is CCO.CN1CC=C2C(C#N)=C(N)C(C#N)(C#N)[C@H](c3cccc(Cl)c3)C2C1. The van der Waals surface area contributed by atoms with Crippen LogP contribution in [0.5, 0.6) is 0 Å². The molecule has 1 aromatic carbocycles. The normalized spacial score (nSPS) is 23.1. The number of likely N-dealkylation sites (N-methyl/N-ethyl adjacent to an activating group) is 1. The lowest BCUT2D eigenvalue weighted by Crippen LogP contribution is -2.47. The minimum absolute atomic E-state index is 0.0389. The number of allylic oxidation sites excluding steroid dienone is 2. The highest BCUT2D eigenvalue weighted by Crippen LogP contribution is 2.54. The fourth-order valence-electron chi connectivity index (χ4n) is 3.90. The fraction of sp³-hybridized carbons (Fsp3) is 0.381. The Kier molecular flexibility index (Phi) is 6.84. The predicted molar refractivity (Wildman–Crippen MR) is 107 cm³/mol. The van der Waals surface area contributed by atoms with E-state index in [0.29, 0.717) is 18.1 Å². The second-order valence-electron chi connectivity index (χ2n) is 6.77. The van der Waals surface area contributed by atoms with Crippen molar-refractivity contribution >= 4 is 11.6 Å². The minimum atomic E-state index is -1.60. The number of aliphatic hydroxyl groups excluding tert-OH is 1. The molecule has 0 aromatic heterocycles. The van der Waals surface area contributed by atoms with Crippen molar-refractivity contribution in [2.24, 2.45) is 17.1 Å². The van der Waals surface area contributed by atoms with Crippen molar-refractivity contribution in [1.29, 1.82) is 15.8 Å². The summed E-state index contributed by atoms with van der Waals surface area (Å²) in [5.41, 5.74) is 6.53. The molecule has 3 rings (SSSR count). The summed E-state index contributed by atoms with van der Waals surface area (Å²) in [7, 11) is 1.97. The van der Waals surface area contributed by atoms with Crippen LogP contribution in [-0.4, -0.2) is 36.8 Å². The summed E-state index contributed by atoms with van der Waals surface area (Å²) in [6.07, 6.45) is 1.97. The van der Waals surface area contributed by atoms with E-state index in [1.165, 1.54) is 0 Å². The molecule has 0 radical (unpaired) electrons. The van der Waals surface area contributed by atoms with Crippen LogP contribution >= 0.6 is 11.6 Å². The molecule has 0 bridgehead atoms. The highest BCUT2D eigenvalue weighted by atomic mass is 35.5. The molecule has 1 unspecified atom stereocenters. The molecule has 1 aliphatic carbocycles. The molecule has 0 spiro atoms. The van der Waals surface area contributed by atoms with Crippen molar-refractivity contribution in [3.8, 4) is 18.2 Å². The molecule has 6 nitrogen and oxygen atoms in total. The van der Waals surface area contributed by atoms with Gasteiger partial charge in [-0.3, -0.25) is 0 Å². The standard InChI is InChI=1S/C19H16ClN5.C2H6O/c1-25-6-5-14-15(8-21)18(24)19(10-22,11-23)17(16(14)9-25)12-3-2-4-13(20)7-12;1-2-3/h2-5,7,16-17H,6,9,24H2,1H3;3H,2H2,1H3/t16?,17-;/m1./s1. The first kappa shape index (κ1) is 21.5. The number of nitrogens with zero attached hydrogens (tertiary/aromatic N) is 4. The van der Waals surface area contributed by atoms with Crippen LogP contribution in [0.2, 0.25) is 5.02 Å². The Hall–Kier alpha value is -2.82. The average Bonchev–Trinajstić information content (AvgIpc) is 2.68. The monoisotopic (exact) mass is 395 g/mol. The first-order valence-corrected chi connectivity index (χ1v) is 9.26. The van der Waals surface area contributed by atoms with E-state index in [1.54, 1.807) is 25.1 Å². The van der Waals surface area contributed by atoms with E-state index in [1.807, 2.05) is 19.2 Å². The van der Waals surface area contributed by atoms with Gasteiger partial charge in [-0.2, -0.15) is 15.8 Å². The summed E-state index contributed by atoms with van der Waals surface area (Å²) < 4.78 is 0. The zero-order valence-corrected chi connectivity index (χ0v) is 16.6. The lowest BCUT2D eigenvalue weighted by atomic mass is 9.58. The van der Waals surface area contributed by atoms with Gasteiger partial charge in [0.25, 0.3) is 0 Å². The maximum absolute atomic E-state index is 9.92.